The molecule has 0 bridgehead atoms. The minimum atomic E-state index is -0.559. The lowest BCUT2D eigenvalue weighted by Gasteiger charge is -2.11. The van der Waals surface area contributed by atoms with Crippen LogP contribution in [0.5, 0.6) is 17.2 Å². The molecule has 0 unspecified atom stereocenters. The van der Waals surface area contributed by atoms with Gasteiger partial charge in [0, 0.05) is 12.6 Å². The van der Waals surface area contributed by atoms with Crippen molar-refractivity contribution in [2.45, 2.75) is 6.54 Å². The van der Waals surface area contributed by atoms with Crippen molar-refractivity contribution in [1.29, 1.82) is 0 Å². The van der Waals surface area contributed by atoms with Crippen LogP contribution in [-0.2, 0) is 11.3 Å². The predicted molar refractivity (Wildman–Crippen MR) is 90.0 cm³/mol. The highest BCUT2D eigenvalue weighted by molar-refractivity contribution is 5.77. The Labute approximate surface area is 144 Å². The molecule has 0 aromatic heterocycles. The molecule has 2 aromatic rings. The average Bonchev–Trinajstić information content (AvgIpc) is 2.64. The van der Waals surface area contributed by atoms with Crippen LogP contribution in [0.4, 0.5) is 5.69 Å². The third-order valence-electron chi connectivity index (χ3n) is 3.36. The summed E-state index contributed by atoms with van der Waals surface area (Å²) in [6, 6.07) is 11.2. The first kappa shape index (κ1) is 18.1. The number of nitrogens with one attached hydrogen (secondary N) is 1. The summed E-state index contributed by atoms with van der Waals surface area (Å²) in [5.41, 5.74) is 0.631. The summed E-state index contributed by atoms with van der Waals surface area (Å²) in [5, 5.41) is 13.6. The number of hydrogen-bond donors (Lipinski definition) is 1. The zero-order valence-electron chi connectivity index (χ0n) is 13.9. The lowest BCUT2D eigenvalue weighted by atomic mass is 10.2. The van der Waals surface area contributed by atoms with Crippen molar-refractivity contribution in [2.24, 2.45) is 0 Å². The van der Waals surface area contributed by atoms with Gasteiger partial charge in [0.05, 0.1) is 19.1 Å². The van der Waals surface area contributed by atoms with E-state index in [0.29, 0.717) is 11.5 Å². The highest BCUT2D eigenvalue weighted by Gasteiger charge is 2.15. The molecule has 0 spiro atoms. The molecule has 0 radical (unpaired) electrons. The molecule has 1 amide bonds. The second-order valence-corrected chi connectivity index (χ2v) is 4.98. The molecule has 0 saturated heterocycles. The zero-order valence-corrected chi connectivity index (χ0v) is 13.9. The van der Waals surface area contributed by atoms with Gasteiger partial charge in [0.2, 0.25) is 0 Å². The Morgan fingerprint density at radius 1 is 1.08 bits per heavy atom. The molecule has 1 N–H and O–H groups in total. The van der Waals surface area contributed by atoms with E-state index in [9.17, 15) is 14.9 Å². The summed E-state index contributed by atoms with van der Waals surface area (Å²) < 4.78 is 15.6. The quantitative estimate of drug-likeness (QED) is 0.581. The van der Waals surface area contributed by atoms with E-state index in [2.05, 4.69) is 5.32 Å². The van der Waals surface area contributed by atoms with Crippen LogP contribution >= 0.6 is 0 Å². The maximum Gasteiger partial charge on any atom is 0.310 e. The topological polar surface area (TPSA) is 99.9 Å². The highest BCUT2D eigenvalue weighted by atomic mass is 16.6. The fourth-order valence-electron chi connectivity index (χ4n) is 2.12. The van der Waals surface area contributed by atoms with Crippen molar-refractivity contribution in [2.75, 3.05) is 20.8 Å². The SMILES string of the molecule is COc1ccc(CNC(=O)COc2ccccc2[N+](=O)[O-])cc1OC. The number of carbonyl (C=O) groups is 1. The van der Waals surface area contributed by atoms with E-state index in [0.717, 1.165) is 5.56 Å². The van der Waals surface area contributed by atoms with E-state index < -0.39 is 10.8 Å². The van der Waals surface area contributed by atoms with E-state index in [-0.39, 0.29) is 24.6 Å². The van der Waals surface area contributed by atoms with Crippen molar-refractivity contribution in [3.8, 4) is 17.2 Å². The number of amides is 1. The summed E-state index contributed by atoms with van der Waals surface area (Å²) in [5.74, 6) is 0.810. The fourth-order valence-corrected chi connectivity index (χ4v) is 2.12. The third kappa shape index (κ3) is 4.84. The molecule has 2 rings (SSSR count). The highest BCUT2D eigenvalue weighted by Crippen LogP contribution is 2.27. The van der Waals surface area contributed by atoms with Gasteiger partial charge in [-0.2, -0.15) is 0 Å². The van der Waals surface area contributed by atoms with Gasteiger partial charge < -0.3 is 19.5 Å². The van der Waals surface area contributed by atoms with E-state index in [1.54, 1.807) is 31.4 Å². The maximum absolute atomic E-state index is 11.9. The van der Waals surface area contributed by atoms with Crippen LogP contribution in [0.2, 0.25) is 0 Å². The van der Waals surface area contributed by atoms with Crippen molar-refractivity contribution in [1.82, 2.24) is 5.32 Å². The minimum absolute atomic E-state index is 0.0498. The Hall–Kier alpha value is -3.29. The van der Waals surface area contributed by atoms with E-state index >= 15 is 0 Å². The monoisotopic (exact) mass is 346 g/mol. The van der Waals surface area contributed by atoms with Crippen LogP contribution in [0, 0.1) is 10.1 Å². The molecule has 2 aromatic carbocycles. The second-order valence-electron chi connectivity index (χ2n) is 4.98. The predicted octanol–water partition coefficient (Wildman–Crippen LogP) is 2.31. The number of methoxy groups -OCH3 is 2. The van der Waals surface area contributed by atoms with Gasteiger partial charge in [0.25, 0.3) is 5.91 Å². The fraction of sp³-hybridized carbons (Fsp3) is 0.235. The van der Waals surface area contributed by atoms with Crippen LogP contribution in [0.15, 0.2) is 42.5 Å². The number of carbonyl (C=O) groups excluding carboxylic acids is 1. The Balaban J connectivity index is 1.90. The van der Waals surface area contributed by atoms with Gasteiger partial charge in [0.15, 0.2) is 23.9 Å². The standard InChI is InChI=1S/C17H18N2O6/c1-23-15-8-7-12(9-16(15)24-2)10-18-17(20)11-25-14-6-4-3-5-13(14)19(21)22/h3-9H,10-11H2,1-2H3,(H,18,20). The molecule has 0 aliphatic carbocycles. The van der Waals surface area contributed by atoms with Crippen molar-refractivity contribution < 1.29 is 23.9 Å². The van der Waals surface area contributed by atoms with Crippen LogP contribution in [0.1, 0.15) is 5.56 Å². The number of hydrogen-bond acceptors (Lipinski definition) is 6. The molecule has 0 aliphatic rings. The Bertz CT molecular complexity index is 763. The summed E-state index contributed by atoms with van der Waals surface area (Å²) in [6.45, 7) is -0.0580. The molecule has 8 heteroatoms. The number of para-hydroxylation sites is 2. The maximum atomic E-state index is 11.9. The lowest BCUT2D eigenvalue weighted by molar-refractivity contribution is -0.385. The van der Waals surface area contributed by atoms with E-state index in [4.69, 9.17) is 14.2 Å². The first-order chi connectivity index (χ1) is 12.0. The largest absolute Gasteiger partial charge is 0.493 e. The first-order valence-corrected chi connectivity index (χ1v) is 7.39. The van der Waals surface area contributed by atoms with Crippen LogP contribution < -0.4 is 19.5 Å². The summed E-state index contributed by atoms with van der Waals surface area (Å²) in [7, 11) is 3.07. The molecule has 25 heavy (non-hydrogen) atoms. The Kier molecular flexibility index (Phi) is 6.16. The van der Waals surface area contributed by atoms with Crippen LogP contribution in [0.3, 0.4) is 0 Å². The molecular formula is C17H18N2O6. The number of nitro benzene ring substituents is 1. The molecular weight excluding hydrogens is 328 g/mol. The summed E-state index contributed by atoms with van der Waals surface area (Å²) >= 11 is 0. The zero-order chi connectivity index (χ0) is 18.2. The first-order valence-electron chi connectivity index (χ1n) is 7.39. The van der Waals surface area contributed by atoms with E-state index in [1.165, 1.54) is 25.3 Å². The van der Waals surface area contributed by atoms with Gasteiger partial charge in [-0.25, -0.2) is 0 Å². The number of benzene rings is 2. The molecule has 0 atom stereocenters. The van der Waals surface area contributed by atoms with Gasteiger partial charge in [0.1, 0.15) is 0 Å². The van der Waals surface area contributed by atoms with Crippen molar-refractivity contribution in [3.05, 3.63) is 58.1 Å². The van der Waals surface area contributed by atoms with Gasteiger partial charge in [-0.05, 0) is 23.8 Å². The molecule has 0 heterocycles. The normalized spacial score (nSPS) is 10.0. The molecule has 0 aliphatic heterocycles. The number of nitrogens with zero attached hydrogens (tertiary/aromatic N) is 1. The van der Waals surface area contributed by atoms with Crippen molar-refractivity contribution >= 4 is 11.6 Å². The third-order valence-corrected chi connectivity index (χ3v) is 3.36. The number of nitro groups is 1. The lowest BCUT2D eigenvalue weighted by Crippen LogP contribution is -2.28. The second kappa shape index (κ2) is 8.53. The van der Waals surface area contributed by atoms with Gasteiger partial charge in [-0.15, -0.1) is 0 Å². The molecule has 0 saturated carbocycles. The number of rotatable bonds is 8. The summed E-state index contributed by atoms with van der Waals surface area (Å²) in [4.78, 5) is 22.2. The Morgan fingerprint density at radius 2 is 1.80 bits per heavy atom. The minimum Gasteiger partial charge on any atom is -0.493 e. The van der Waals surface area contributed by atoms with E-state index in [1.807, 2.05) is 0 Å². The summed E-state index contributed by atoms with van der Waals surface area (Å²) in [6.07, 6.45) is 0. The molecule has 132 valence electrons. The molecule has 0 fully saturated rings. The molecule has 8 nitrogen and oxygen atoms in total. The van der Waals surface area contributed by atoms with Gasteiger partial charge >= 0.3 is 5.69 Å². The average molecular weight is 346 g/mol. The van der Waals surface area contributed by atoms with Crippen molar-refractivity contribution in [3.63, 3.8) is 0 Å². The smallest absolute Gasteiger partial charge is 0.310 e. The van der Waals surface area contributed by atoms with Gasteiger partial charge in [-0.1, -0.05) is 18.2 Å². The Morgan fingerprint density at radius 3 is 2.48 bits per heavy atom. The van der Waals surface area contributed by atoms with Gasteiger partial charge in [-0.3, -0.25) is 14.9 Å². The van der Waals surface area contributed by atoms with Crippen LogP contribution in [0.25, 0.3) is 0 Å². The number of ether oxygens (including phenoxy) is 3. The van der Waals surface area contributed by atoms with Crippen LogP contribution in [-0.4, -0.2) is 31.7 Å².